The summed E-state index contributed by atoms with van der Waals surface area (Å²) in [6, 6.07) is 8.25. The molecular weight excluding hydrogens is 363 g/mol. The highest BCUT2D eigenvalue weighted by Crippen LogP contribution is 2.34. The van der Waals surface area contributed by atoms with Gasteiger partial charge >= 0.3 is 10.1 Å². The van der Waals surface area contributed by atoms with Gasteiger partial charge in [-0.1, -0.05) is 23.2 Å². The normalized spacial score (nSPS) is 10.9. The summed E-state index contributed by atoms with van der Waals surface area (Å²) >= 11 is 11.7. The van der Waals surface area contributed by atoms with Gasteiger partial charge in [0.2, 0.25) is 0 Å². The summed E-state index contributed by atoms with van der Waals surface area (Å²) in [6.07, 6.45) is 0. The fourth-order valence-electron chi connectivity index (χ4n) is 1.68. The van der Waals surface area contributed by atoms with Crippen LogP contribution < -0.4 is 14.7 Å². The van der Waals surface area contributed by atoms with Crippen molar-refractivity contribution in [1.82, 2.24) is 0 Å². The third-order valence-corrected chi connectivity index (χ3v) is 4.67. The van der Waals surface area contributed by atoms with Crippen LogP contribution in [-0.2, 0) is 10.1 Å². The molecule has 0 aliphatic heterocycles. The van der Waals surface area contributed by atoms with Crippen molar-refractivity contribution >= 4 is 39.0 Å². The molecule has 0 bridgehead atoms. The van der Waals surface area contributed by atoms with E-state index in [4.69, 9.17) is 43.1 Å². The van der Waals surface area contributed by atoms with Crippen molar-refractivity contribution in [2.75, 3.05) is 12.8 Å². The maximum atomic E-state index is 12.3. The predicted octanol–water partition coefficient (Wildman–Crippen LogP) is 3.22. The van der Waals surface area contributed by atoms with Crippen LogP contribution in [0.15, 0.2) is 35.2 Å². The molecule has 0 atom stereocenters. The smallest absolute Gasteiger partial charge is 0.339 e. The third-order valence-electron chi connectivity index (χ3n) is 2.83. The van der Waals surface area contributed by atoms with Gasteiger partial charge in [-0.15, -0.1) is 0 Å². The molecule has 2 N–H and O–H groups in total. The van der Waals surface area contributed by atoms with Crippen molar-refractivity contribution in [2.45, 2.75) is 4.90 Å². The third kappa shape index (κ3) is 3.62. The molecular formula is C14H10Cl2N2O4S. The van der Waals surface area contributed by atoms with E-state index in [1.165, 1.54) is 25.3 Å². The molecule has 120 valence electrons. The molecule has 2 rings (SSSR count). The van der Waals surface area contributed by atoms with Crippen LogP contribution in [0.2, 0.25) is 10.0 Å². The summed E-state index contributed by atoms with van der Waals surface area (Å²) in [7, 11) is -2.89. The molecule has 0 aliphatic carbocycles. The summed E-state index contributed by atoms with van der Waals surface area (Å²) in [5.74, 6) is 0.0239. The zero-order valence-corrected chi connectivity index (χ0v) is 14.0. The van der Waals surface area contributed by atoms with Crippen molar-refractivity contribution < 1.29 is 17.3 Å². The number of halogens is 2. The van der Waals surface area contributed by atoms with Gasteiger partial charge in [-0.25, -0.2) is 0 Å². The lowest BCUT2D eigenvalue weighted by molar-refractivity contribution is 0.390. The van der Waals surface area contributed by atoms with Crippen LogP contribution in [-0.4, -0.2) is 15.5 Å². The van der Waals surface area contributed by atoms with Gasteiger partial charge in [-0.2, -0.15) is 13.7 Å². The van der Waals surface area contributed by atoms with Crippen molar-refractivity contribution in [3.63, 3.8) is 0 Å². The standard InChI is InChI=1S/C14H10Cl2N2O4S/c1-21-13-4-8(7-17)2-3-12(13)22-23(19,20)9-5-10(15)14(18)11(16)6-9/h2-6H,18H2,1H3. The monoisotopic (exact) mass is 372 g/mol. The molecule has 0 amide bonds. The summed E-state index contributed by atoms with van der Waals surface area (Å²) in [5, 5.41) is 8.82. The molecule has 0 radical (unpaired) electrons. The van der Waals surface area contributed by atoms with Crippen molar-refractivity contribution in [3.8, 4) is 17.6 Å². The van der Waals surface area contributed by atoms with Gasteiger partial charge in [0.15, 0.2) is 11.5 Å². The summed E-state index contributed by atoms with van der Waals surface area (Å²) in [6.45, 7) is 0. The number of hydrogen-bond acceptors (Lipinski definition) is 6. The first-order chi connectivity index (χ1) is 10.8. The Morgan fingerprint density at radius 3 is 2.26 bits per heavy atom. The highest BCUT2D eigenvalue weighted by atomic mass is 35.5. The average Bonchev–Trinajstić information content (AvgIpc) is 2.52. The molecule has 9 heteroatoms. The largest absolute Gasteiger partial charge is 0.493 e. The van der Waals surface area contributed by atoms with E-state index in [0.29, 0.717) is 5.56 Å². The second-order valence-electron chi connectivity index (χ2n) is 4.32. The van der Waals surface area contributed by atoms with E-state index >= 15 is 0 Å². The fraction of sp³-hybridized carbons (Fsp3) is 0.0714. The lowest BCUT2D eigenvalue weighted by atomic mass is 10.2. The maximum absolute atomic E-state index is 12.3. The number of nitrogens with two attached hydrogens (primary N) is 1. The van der Waals surface area contributed by atoms with Gasteiger partial charge in [0.25, 0.3) is 0 Å². The molecule has 6 nitrogen and oxygen atoms in total. The number of hydrogen-bond donors (Lipinski definition) is 1. The molecule has 2 aromatic rings. The van der Waals surface area contributed by atoms with E-state index in [1.807, 2.05) is 6.07 Å². The minimum Gasteiger partial charge on any atom is -0.493 e. The van der Waals surface area contributed by atoms with E-state index < -0.39 is 10.1 Å². The topological polar surface area (TPSA) is 102 Å². The van der Waals surface area contributed by atoms with Gasteiger partial charge < -0.3 is 14.7 Å². The first-order valence-electron chi connectivity index (χ1n) is 6.05. The molecule has 23 heavy (non-hydrogen) atoms. The van der Waals surface area contributed by atoms with E-state index in [1.54, 1.807) is 0 Å². The number of nitrogen functional groups attached to an aromatic ring is 1. The highest BCUT2D eigenvalue weighted by molar-refractivity contribution is 7.87. The molecule has 0 aliphatic rings. The first-order valence-corrected chi connectivity index (χ1v) is 8.22. The molecule has 0 fully saturated rings. The lowest BCUT2D eigenvalue weighted by Crippen LogP contribution is -2.11. The Labute approximate surface area is 143 Å². The number of rotatable bonds is 4. The number of nitrogens with zero attached hydrogens (tertiary/aromatic N) is 1. The predicted molar refractivity (Wildman–Crippen MR) is 86.4 cm³/mol. The fourth-order valence-corrected chi connectivity index (χ4v) is 3.29. The van der Waals surface area contributed by atoms with E-state index in [2.05, 4.69) is 0 Å². The molecule has 0 saturated heterocycles. The van der Waals surface area contributed by atoms with Crippen molar-refractivity contribution in [1.29, 1.82) is 5.26 Å². The van der Waals surface area contributed by atoms with Gasteiger partial charge in [0.1, 0.15) is 4.90 Å². The first kappa shape index (κ1) is 17.2. The Hall–Kier alpha value is -2.14. The summed E-state index contributed by atoms with van der Waals surface area (Å²) < 4.78 is 34.7. The Morgan fingerprint density at radius 2 is 1.74 bits per heavy atom. The average molecular weight is 373 g/mol. The minimum atomic E-state index is -4.21. The molecule has 0 heterocycles. The van der Waals surface area contributed by atoms with Crippen LogP contribution in [0.5, 0.6) is 11.5 Å². The molecule has 0 aromatic heterocycles. The SMILES string of the molecule is COc1cc(C#N)ccc1OS(=O)(=O)c1cc(Cl)c(N)c(Cl)c1. The maximum Gasteiger partial charge on any atom is 0.339 e. The lowest BCUT2D eigenvalue weighted by Gasteiger charge is -2.12. The van der Waals surface area contributed by atoms with E-state index in [-0.39, 0.29) is 32.1 Å². The van der Waals surface area contributed by atoms with E-state index in [9.17, 15) is 8.42 Å². The number of anilines is 1. The number of ether oxygens (including phenoxy) is 1. The van der Waals surface area contributed by atoms with Crippen molar-refractivity contribution in [3.05, 3.63) is 45.9 Å². The van der Waals surface area contributed by atoms with E-state index in [0.717, 1.165) is 12.1 Å². The van der Waals surface area contributed by atoms with Crippen molar-refractivity contribution in [2.24, 2.45) is 0 Å². The molecule has 0 saturated carbocycles. The summed E-state index contributed by atoms with van der Waals surface area (Å²) in [5.41, 5.74) is 5.94. The van der Waals surface area contributed by atoms with Gasteiger partial charge in [-0.05, 0) is 24.3 Å². The molecule has 0 unspecified atom stereocenters. The Bertz CT molecular complexity index is 884. The van der Waals surface area contributed by atoms with Gasteiger partial charge in [0.05, 0.1) is 34.5 Å². The zero-order chi connectivity index (χ0) is 17.2. The van der Waals surface area contributed by atoms with Crippen LogP contribution >= 0.6 is 23.2 Å². The van der Waals surface area contributed by atoms with Gasteiger partial charge in [0, 0.05) is 6.07 Å². The second-order valence-corrected chi connectivity index (χ2v) is 6.68. The minimum absolute atomic E-state index is 0.00790. The summed E-state index contributed by atoms with van der Waals surface area (Å²) in [4.78, 5) is -0.256. The Morgan fingerprint density at radius 1 is 1.13 bits per heavy atom. The zero-order valence-electron chi connectivity index (χ0n) is 11.7. The van der Waals surface area contributed by atoms with Crippen LogP contribution in [0.25, 0.3) is 0 Å². The second kappa shape index (κ2) is 6.54. The number of benzene rings is 2. The quantitative estimate of drug-likeness (QED) is 0.652. The Kier molecular flexibility index (Phi) is 4.90. The molecule has 2 aromatic carbocycles. The van der Waals surface area contributed by atoms with Crippen LogP contribution in [0, 0.1) is 11.3 Å². The highest BCUT2D eigenvalue weighted by Gasteiger charge is 2.22. The van der Waals surface area contributed by atoms with Crippen LogP contribution in [0.4, 0.5) is 5.69 Å². The van der Waals surface area contributed by atoms with Crippen LogP contribution in [0.1, 0.15) is 5.56 Å². The Balaban J connectivity index is 2.45. The van der Waals surface area contributed by atoms with Gasteiger partial charge in [-0.3, -0.25) is 0 Å². The van der Waals surface area contributed by atoms with Crippen LogP contribution in [0.3, 0.4) is 0 Å². The number of methoxy groups -OCH3 is 1. The number of nitriles is 1. The molecule has 0 spiro atoms.